The van der Waals surface area contributed by atoms with Crippen LogP contribution in [0.25, 0.3) is 0 Å². The Kier molecular flexibility index (Phi) is 4.46. The van der Waals surface area contributed by atoms with Crippen LogP contribution in [0.5, 0.6) is 0 Å². The van der Waals surface area contributed by atoms with Gasteiger partial charge >= 0.3 is 0 Å². The summed E-state index contributed by atoms with van der Waals surface area (Å²) in [5.74, 6) is -0.228. The van der Waals surface area contributed by atoms with Crippen molar-refractivity contribution in [3.63, 3.8) is 0 Å². The van der Waals surface area contributed by atoms with Crippen molar-refractivity contribution in [2.75, 3.05) is 13.2 Å². The number of hydrogen-bond donors (Lipinski definition) is 3. The van der Waals surface area contributed by atoms with Gasteiger partial charge in [0, 0.05) is 12.1 Å². The minimum atomic E-state index is -0.908. The van der Waals surface area contributed by atoms with Gasteiger partial charge in [0.1, 0.15) is 0 Å². The van der Waals surface area contributed by atoms with Crippen molar-refractivity contribution in [3.8, 4) is 0 Å². The molecule has 1 rings (SSSR count). The molecule has 4 heteroatoms. The number of hydrogen-bond acceptors (Lipinski definition) is 3. The van der Waals surface area contributed by atoms with E-state index in [1.807, 2.05) is 26.0 Å². The van der Waals surface area contributed by atoms with Gasteiger partial charge in [-0.05, 0) is 31.0 Å². The molecule has 4 nitrogen and oxygen atoms in total. The highest BCUT2D eigenvalue weighted by Crippen LogP contribution is 2.12. The van der Waals surface area contributed by atoms with Crippen LogP contribution in [0.2, 0.25) is 0 Å². The van der Waals surface area contributed by atoms with Crippen LogP contribution in [-0.4, -0.2) is 35.4 Å². The summed E-state index contributed by atoms with van der Waals surface area (Å²) < 4.78 is 0. The van der Waals surface area contributed by atoms with Gasteiger partial charge in [0.05, 0.1) is 12.7 Å². The van der Waals surface area contributed by atoms with Crippen LogP contribution in [0.3, 0.4) is 0 Å². The summed E-state index contributed by atoms with van der Waals surface area (Å²) in [4.78, 5) is 11.7. The lowest BCUT2D eigenvalue weighted by molar-refractivity contribution is 0.0801. The lowest BCUT2D eigenvalue weighted by Crippen LogP contribution is -2.34. The van der Waals surface area contributed by atoms with Crippen LogP contribution in [0.1, 0.15) is 21.5 Å². The first-order chi connectivity index (χ1) is 7.56. The van der Waals surface area contributed by atoms with E-state index >= 15 is 0 Å². The van der Waals surface area contributed by atoms with Gasteiger partial charge in [-0.2, -0.15) is 0 Å². The Morgan fingerprint density at radius 1 is 1.44 bits per heavy atom. The number of carbonyl (C=O) groups is 1. The van der Waals surface area contributed by atoms with Crippen molar-refractivity contribution < 1.29 is 15.0 Å². The van der Waals surface area contributed by atoms with Crippen molar-refractivity contribution in [1.82, 2.24) is 5.32 Å². The van der Waals surface area contributed by atoms with Gasteiger partial charge in [-0.25, -0.2) is 0 Å². The maximum absolute atomic E-state index is 11.7. The molecule has 1 aromatic carbocycles. The lowest BCUT2D eigenvalue weighted by Gasteiger charge is -2.11. The van der Waals surface area contributed by atoms with Crippen molar-refractivity contribution in [2.45, 2.75) is 20.0 Å². The fourth-order valence-corrected chi connectivity index (χ4v) is 1.37. The topological polar surface area (TPSA) is 69.6 Å². The summed E-state index contributed by atoms with van der Waals surface area (Å²) in [6, 6.07) is 5.50. The Balaban J connectivity index is 2.70. The third-order valence-electron chi connectivity index (χ3n) is 2.56. The predicted molar refractivity (Wildman–Crippen MR) is 61.3 cm³/mol. The maximum atomic E-state index is 11.7. The molecule has 1 unspecified atom stereocenters. The Morgan fingerprint density at radius 2 is 2.12 bits per heavy atom. The second-order valence-corrected chi connectivity index (χ2v) is 3.79. The number of carbonyl (C=O) groups excluding carboxylic acids is 1. The average molecular weight is 223 g/mol. The molecule has 0 saturated carbocycles. The predicted octanol–water partition coefficient (Wildman–Crippen LogP) is 0.386. The van der Waals surface area contributed by atoms with E-state index in [1.165, 1.54) is 0 Å². The van der Waals surface area contributed by atoms with Crippen molar-refractivity contribution in [2.24, 2.45) is 0 Å². The molecule has 0 aliphatic carbocycles. The molecule has 16 heavy (non-hydrogen) atoms. The van der Waals surface area contributed by atoms with E-state index in [0.717, 1.165) is 11.1 Å². The van der Waals surface area contributed by atoms with E-state index in [9.17, 15) is 4.79 Å². The molecule has 0 aliphatic rings. The largest absolute Gasteiger partial charge is 0.394 e. The first-order valence-electron chi connectivity index (χ1n) is 5.19. The molecule has 0 aromatic heterocycles. The molecule has 0 spiro atoms. The van der Waals surface area contributed by atoms with Crippen LogP contribution in [0, 0.1) is 13.8 Å². The molecule has 0 radical (unpaired) electrons. The number of aliphatic hydroxyl groups is 2. The number of nitrogens with one attached hydrogen (secondary N) is 1. The van der Waals surface area contributed by atoms with E-state index in [2.05, 4.69) is 5.32 Å². The standard InChI is InChI=1S/C12H17NO3/c1-8-4-3-5-11(9(8)2)12(16)13-6-10(15)7-14/h3-5,10,14-15H,6-7H2,1-2H3,(H,13,16). The van der Waals surface area contributed by atoms with E-state index in [4.69, 9.17) is 10.2 Å². The first-order valence-corrected chi connectivity index (χ1v) is 5.19. The van der Waals surface area contributed by atoms with Gasteiger partial charge in [-0.15, -0.1) is 0 Å². The molecule has 1 atom stereocenters. The van der Waals surface area contributed by atoms with Gasteiger partial charge in [0.2, 0.25) is 0 Å². The van der Waals surface area contributed by atoms with Crippen LogP contribution < -0.4 is 5.32 Å². The maximum Gasteiger partial charge on any atom is 0.251 e. The molecule has 0 saturated heterocycles. The van der Waals surface area contributed by atoms with Crippen molar-refractivity contribution in [3.05, 3.63) is 34.9 Å². The fourth-order valence-electron chi connectivity index (χ4n) is 1.37. The van der Waals surface area contributed by atoms with Crippen LogP contribution in [-0.2, 0) is 0 Å². The SMILES string of the molecule is Cc1cccc(C(=O)NCC(O)CO)c1C. The van der Waals surface area contributed by atoms with E-state index in [-0.39, 0.29) is 19.1 Å². The molecule has 88 valence electrons. The summed E-state index contributed by atoms with van der Waals surface area (Å²) in [5, 5.41) is 20.3. The van der Waals surface area contributed by atoms with Gasteiger partial charge in [0.25, 0.3) is 5.91 Å². The smallest absolute Gasteiger partial charge is 0.251 e. The molecule has 0 bridgehead atoms. The number of benzene rings is 1. The number of aliphatic hydroxyl groups excluding tert-OH is 2. The van der Waals surface area contributed by atoms with Crippen LogP contribution in [0.4, 0.5) is 0 Å². The highest BCUT2D eigenvalue weighted by atomic mass is 16.3. The molecule has 0 fully saturated rings. The summed E-state index contributed by atoms with van der Waals surface area (Å²) in [7, 11) is 0. The van der Waals surface area contributed by atoms with Crippen molar-refractivity contribution in [1.29, 1.82) is 0 Å². The normalized spacial score (nSPS) is 12.2. The minimum absolute atomic E-state index is 0.0582. The number of rotatable bonds is 4. The Hall–Kier alpha value is -1.39. The summed E-state index contributed by atoms with van der Waals surface area (Å²) in [6.45, 7) is 3.52. The Morgan fingerprint density at radius 3 is 2.75 bits per heavy atom. The molecule has 0 heterocycles. The van der Waals surface area contributed by atoms with Gasteiger partial charge in [-0.3, -0.25) is 4.79 Å². The first kappa shape index (κ1) is 12.7. The molecule has 3 N–H and O–H groups in total. The number of amides is 1. The van der Waals surface area contributed by atoms with E-state index < -0.39 is 6.10 Å². The minimum Gasteiger partial charge on any atom is -0.394 e. The monoisotopic (exact) mass is 223 g/mol. The van der Waals surface area contributed by atoms with Crippen LogP contribution >= 0.6 is 0 Å². The molecular formula is C12H17NO3. The molecule has 1 amide bonds. The second-order valence-electron chi connectivity index (χ2n) is 3.79. The Bertz CT molecular complexity index is 377. The van der Waals surface area contributed by atoms with Gasteiger partial charge in [-0.1, -0.05) is 12.1 Å². The van der Waals surface area contributed by atoms with Gasteiger partial charge in [0.15, 0.2) is 0 Å². The lowest BCUT2D eigenvalue weighted by atomic mass is 10.0. The van der Waals surface area contributed by atoms with Crippen LogP contribution in [0.15, 0.2) is 18.2 Å². The Labute approximate surface area is 94.9 Å². The molecular weight excluding hydrogens is 206 g/mol. The highest BCUT2D eigenvalue weighted by Gasteiger charge is 2.11. The zero-order valence-corrected chi connectivity index (χ0v) is 9.53. The second kappa shape index (κ2) is 5.63. The summed E-state index contributed by atoms with van der Waals surface area (Å²) in [5.41, 5.74) is 2.58. The molecule has 1 aromatic rings. The summed E-state index contributed by atoms with van der Waals surface area (Å²) >= 11 is 0. The molecule has 0 aliphatic heterocycles. The fraction of sp³-hybridized carbons (Fsp3) is 0.417. The van der Waals surface area contributed by atoms with E-state index in [0.29, 0.717) is 5.56 Å². The van der Waals surface area contributed by atoms with Gasteiger partial charge < -0.3 is 15.5 Å². The zero-order valence-electron chi connectivity index (χ0n) is 9.53. The third kappa shape index (κ3) is 3.05. The number of aryl methyl sites for hydroxylation is 1. The quantitative estimate of drug-likeness (QED) is 0.691. The van der Waals surface area contributed by atoms with Crippen molar-refractivity contribution >= 4 is 5.91 Å². The average Bonchev–Trinajstić information content (AvgIpc) is 2.29. The summed E-state index contributed by atoms with van der Waals surface area (Å²) in [6.07, 6.45) is -0.908. The third-order valence-corrected chi connectivity index (χ3v) is 2.56. The zero-order chi connectivity index (χ0) is 12.1. The highest BCUT2D eigenvalue weighted by molar-refractivity contribution is 5.95. The van der Waals surface area contributed by atoms with E-state index in [1.54, 1.807) is 6.07 Å².